The smallest absolute Gasteiger partial charge is 0.399 e. The van der Waals surface area contributed by atoms with E-state index in [0.717, 1.165) is 11.1 Å². The number of hydrogen-bond acceptors (Lipinski definition) is 2. The van der Waals surface area contributed by atoms with Crippen LogP contribution >= 0.6 is 0 Å². The number of benzene rings is 1. The molecular formula is C11H15F3N2. The average molecular weight is 232 g/mol. The number of hydrogen-bond donors (Lipinski definition) is 2. The lowest BCUT2D eigenvalue weighted by atomic mass is 10.0. The van der Waals surface area contributed by atoms with E-state index in [1.807, 2.05) is 13.0 Å². The highest BCUT2D eigenvalue weighted by atomic mass is 19.4. The van der Waals surface area contributed by atoms with Crippen molar-refractivity contribution >= 4 is 5.69 Å². The van der Waals surface area contributed by atoms with Gasteiger partial charge in [0.2, 0.25) is 0 Å². The van der Waals surface area contributed by atoms with Gasteiger partial charge in [0, 0.05) is 5.69 Å². The summed E-state index contributed by atoms with van der Waals surface area (Å²) in [6, 6.07) is 5.46. The van der Waals surface area contributed by atoms with E-state index in [9.17, 15) is 13.2 Å². The fourth-order valence-electron chi connectivity index (χ4n) is 1.43. The maximum Gasteiger partial charge on any atom is 0.401 e. The molecule has 2 nitrogen and oxygen atoms in total. The van der Waals surface area contributed by atoms with Crippen molar-refractivity contribution in [2.45, 2.75) is 19.5 Å². The van der Waals surface area contributed by atoms with Gasteiger partial charge in [-0.1, -0.05) is 12.1 Å². The first kappa shape index (κ1) is 12.8. The van der Waals surface area contributed by atoms with Crippen molar-refractivity contribution in [2.24, 2.45) is 0 Å². The largest absolute Gasteiger partial charge is 0.401 e. The Hall–Kier alpha value is -1.23. The molecule has 5 heteroatoms. The van der Waals surface area contributed by atoms with E-state index in [2.05, 4.69) is 5.32 Å². The number of rotatable bonds is 4. The molecule has 0 heterocycles. The van der Waals surface area contributed by atoms with E-state index in [1.165, 1.54) is 0 Å². The molecule has 1 aromatic rings. The second-order valence-corrected chi connectivity index (χ2v) is 3.67. The molecule has 0 aliphatic rings. The highest BCUT2D eigenvalue weighted by molar-refractivity contribution is 5.49. The lowest BCUT2D eigenvalue weighted by Gasteiger charge is -2.10. The molecule has 0 bridgehead atoms. The van der Waals surface area contributed by atoms with Crippen LogP contribution in [0.1, 0.15) is 11.1 Å². The quantitative estimate of drug-likeness (QED) is 0.617. The van der Waals surface area contributed by atoms with E-state index < -0.39 is 12.7 Å². The number of halogens is 3. The lowest BCUT2D eigenvalue weighted by Crippen LogP contribution is -2.30. The summed E-state index contributed by atoms with van der Waals surface area (Å²) in [5, 5.41) is 2.35. The van der Waals surface area contributed by atoms with Crippen LogP contribution in [0.15, 0.2) is 18.2 Å². The molecule has 0 unspecified atom stereocenters. The van der Waals surface area contributed by atoms with Gasteiger partial charge in [0.1, 0.15) is 0 Å². The average Bonchev–Trinajstić information content (AvgIpc) is 2.17. The Bertz CT molecular complexity index is 348. The van der Waals surface area contributed by atoms with Crippen LogP contribution in [0.5, 0.6) is 0 Å². The Balaban J connectivity index is 2.41. The molecule has 0 spiro atoms. The zero-order chi connectivity index (χ0) is 12.2. The van der Waals surface area contributed by atoms with Gasteiger partial charge in [-0.05, 0) is 37.1 Å². The summed E-state index contributed by atoms with van der Waals surface area (Å²) in [7, 11) is 0. The molecule has 0 aliphatic heterocycles. The second kappa shape index (κ2) is 5.21. The first-order valence-electron chi connectivity index (χ1n) is 5.01. The Kier molecular flexibility index (Phi) is 4.18. The predicted octanol–water partition coefficient (Wildman–Crippen LogP) is 2.27. The van der Waals surface area contributed by atoms with Crippen molar-refractivity contribution in [3.8, 4) is 0 Å². The van der Waals surface area contributed by atoms with Crippen LogP contribution in [0.25, 0.3) is 0 Å². The Morgan fingerprint density at radius 3 is 2.62 bits per heavy atom. The summed E-state index contributed by atoms with van der Waals surface area (Å²) in [4.78, 5) is 0. The standard InChI is InChI=1S/C11H15F3N2/c1-8-9(3-2-4-10(8)15)5-6-16-7-11(12,13)14/h2-4,16H,5-7,15H2,1H3. The molecule has 0 saturated heterocycles. The van der Waals surface area contributed by atoms with Crippen molar-refractivity contribution in [1.82, 2.24) is 5.32 Å². The van der Waals surface area contributed by atoms with Crippen LogP contribution in [-0.4, -0.2) is 19.3 Å². The first-order valence-corrected chi connectivity index (χ1v) is 5.01. The molecule has 16 heavy (non-hydrogen) atoms. The van der Waals surface area contributed by atoms with Crippen LogP contribution in [0.4, 0.5) is 18.9 Å². The van der Waals surface area contributed by atoms with Gasteiger partial charge < -0.3 is 11.1 Å². The predicted molar refractivity (Wildman–Crippen MR) is 58.2 cm³/mol. The molecule has 90 valence electrons. The molecule has 0 aliphatic carbocycles. The SMILES string of the molecule is Cc1c(N)cccc1CCNCC(F)(F)F. The molecule has 0 atom stereocenters. The molecular weight excluding hydrogens is 217 g/mol. The molecule has 0 radical (unpaired) electrons. The lowest BCUT2D eigenvalue weighted by molar-refractivity contribution is -0.124. The minimum Gasteiger partial charge on any atom is -0.399 e. The van der Waals surface area contributed by atoms with E-state index in [0.29, 0.717) is 18.7 Å². The topological polar surface area (TPSA) is 38.0 Å². The van der Waals surface area contributed by atoms with Crippen molar-refractivity contribution in [3.63, 3.8) is 0 Å². The number of nitrogens with two attached hydrogens (primary N) is 1. The second-order valence-electron chi connectivity index (χ2n) is 3.67. The third kappa shape index (κ3) is 4.10. The van der Waals surface area contributed by atoms with Crippen molar-refractivity contribution in [2.75, 3.05) is 18.8 Å². The summed E-state index contributed by atoms with van der Waals surface area (Å²) in [6.45, 7) is 1.21. The summed E-state index contributed by atoms with van der Waals surface area (Å²) in [6.07, 6.45) is -3.60. The van der Waals surface area contributed by atoms with Crippen LogP contribution in [0, 0.1) is 6.92 Å². The fraction of sp³-hybridized carbons (Fsp3) is 0.455. The molecule has 3 N–H and O–H groups in total. The maximum atomic E-state index is 11.8. The van der Waals surface area contributed by atoms with Crippen molar-refractivity contribution in [3.05, 3.63) is 29.3 Å². The fourth-order valence-corrected chi connectivity index (χ4v) is 1.43. The van der Waals surface area contributed by atoms with Gasteiger partial charge in [0.05, 0.1) is 6.54 Å². The molecule has 0 saturated carbocycles. The Morgan fingerprint density at radius 2 is 2.00 bits per heavy atom. The summed E-state index contributed by atoms with van der Waals surface area (Å²) < 4.78 is 35.5. The van der Waals surface area contributed by atoms with E-state index >= 15 is 0 Å². The highest BCUT2D eigenvalue weighted by Crippen LogP contribution is 2.16. The van der Waals surface area contributed by atoms with Crippen molar-refractivity contribution in [1.29, 1.82) is 0 Å². The van der Waals surface area contributed by atoms with Gasteiger partial charge in [0.25, 0.3) is 0 Å². The summed E-state index contributed by atoms with van der Waals surface area (Å²) in [5.74, 6) is 0. The third-order valence-electron chi connectivity index (χ3n) is 2.38. The molecule has 1 rings (SSSR count). The van der Waals surface area contributed by atoms with Crippen LogP contribution in [-0.2, 0) is 6.42 Å². The van der Waals surface area contributed by atoms with Gasteiger partial charge >= 0.3 is 6.18 Å². The highest BCUT2D eigenvalue weighted by Gasteiger charge is 2.25. The molecule has 0 aromatic heterocycles. The molecule has 0 fully saturated rings. The van der Waals surface area contributed by atoms with Gasteiger partial charge in [-0.3, -0.25) is 0 Å². The minimum atomic E-state index is -4.15. The zero-order valence-corrected chi connectivity index (χ0v) is 9.06. The normalized spacial score (nSPS) is 11.8. The van der Waals surface area contributed by atoms with Gasteiger partial charge in [-0.25, -0.2) is 0 Å². The number of alkyl halides is 3. The summed E-state index contributed by atoms with van der Waals surface area (Å²) in [5.41, 5.74) is 8.29. The zero-order valence-electron chi connectivity index (χ0n) is 9.06. The first-order chi connectivity index (χ1) is 7.40. The molecule has 0 amide bonds. The van der Waals surface area contributed by atoms with E-state index in [1.54, 1.807) is 12.1 Å². The Labute approximate surface area is 92.6 Å². The van der Waals surface area contributed by atoms with Gasteiger partial charge in [-0.2, -0.15) is 13.2 Å². The Morgan fingerprint density at radius 1 is 1.31 bits per heavy atom. The molecule has 1 aromatic carbocycles. The van der Waals surface area contributed by atoms with Crippen LogP contribution in [0.3, 0.4) is 0 Å². The van der Waals surface area contributed by atoms with E-state index in [4.69, 9.17) is 5.73 Å². The third-order valence-corrected chi connectivity index (χ3v) is 2.38. The number of anilines is 1. The minimum absolute atomic E-state index is 0.295. The van der Waals surface area contributed by atoms with Gasteiger partial charge in [0.15, 0.2) is 0 Å². The van der Waals surface area contributed by atoms with Crippen LogP contribution in [0.2, 0.25) is 0 Å². The number of nitrogen functional groups attached to an aromatic ring is 1. The van der Waals surface area contributed by atoms with E-state index in [-0.39, 0.29) is 0 Å². The monoisotopic (exact) mass is 232 g/mol. The maximum absolute atomic E-state index is 11.8. The van der Waals surface area contributed by atoms with Crippen molar-refractivity contribution < 1.29 is 13.2 Å². The summed E-state index contributed by atoms with van der Waals surface area (Å²) >= 11 is 0. The van der Waals surface area contributed by atoms with Crippen LogP contribution < -0.4 is 11.1 Å². The van der Waals surface area contributed by atoms with Gasteiger partial charge in [-0.15, -0.1) is 0 Å². The number of nitrogens with one attached hydrogen (secondary N) is 1.